The van der Waals surface area contributed by atoms with Crippen LogP contribution in [0.2, 0.25) is 5.02 Å². The summed E-state index contributed by atoms with van der Waals surface area (Å²) in [4.78, 5) is 22.5. The van der Waals surface area contributed by atoms with Gasteiger partial charge in [-0.1, -0.05) is 11.6 Å². The first kappa shape index (κ1) is 15.3. The Labute approximate surface area is 115 Å². The van der Waals surface area contributed by atoms with Crippen molar-refractivity contribution in [2.75, 3.05) is 25.6 Å². The van der Waals surface area contributed by atoms with E-state index in [1.807, 2.05) is 0 Å². The number of hydrogen-bond acceptors (Lipinski definition) is 3. The van der Waals surface area contributed by atoms with Crippen molar-refractivity contribution in [1.82, 2.24) is 5.32 Å². The smallest absolute Gasteiger partial charge is 0.337 e. The Morgan fingerprint density at radius 3 is 2.79 bits per heavy atom. The summed E-state index contributed by atoms with van der Waals surface area (Å²) in [6.45, 7) is 0.973. The lowest BCUT2D eigenvalue weighted by Gasteiger charge is -2.10. The molecule has 0 saturated heterocycles. The topological polar surface area (TPSA) is 87.7 Å². The molecule has 6 nitrogen and oxygen atoms in total. The maximum absolute atomic E-state index is 11.6. The second-order valence-corrected chi connectivity index (χ2v) is 4.16. The number of anilines is 1. The van der Waals surface area contributed by atoms with Gasteiger partial charge in [0.2, 0.25) is 0 Å². The molecule has 0 unspecified atom stereocenters. The van der Waals surface area contributed by atoms with Gasteiger partial charge in [-0.15, -0.1) is 0 Å². The molecule has 2 amide bonds. The number of rotatable bonds is 6. The number of hydrogen-bond donors (Lipinski definition) is 3. The molecule has 19 heavy (non-hydrogen) atoms. The van der Waals surface area contributed by atoms with E-state index in [9.17, 15) is 9.59 Å². The van der Waals surface area contributed by atoms with Crippen LogP contribution in [-0.2, 0) is 4.74 Å². The second-order valence-electron chi connectivity index (χ2n) is 3.72. The standard InChI is InChI=1S/C12H15ClN2O4/c1-19-6-2-5-14-12(18)15-10-7-8(13)3-4-9(10)11(16)17/h3-4,7H,2,5-6H2,1H3,(H,16,17)(H2,14,15,18). The molecule has 0 aromatic heterocycles. The van der Waals surface area contributed by atoms with E-state index in [1.54, 1.807) is 7.11 Å². The monoisotopic (exact) mass is 286 g/mol. The van der Waals surface area contributed by atoms with E-state index < -0.39 is 12.0 Å². The number of carboxylic acid groups (broad SMARTS) is 1. The van der Waals surface area contributed by atoms with Gasteiger partial charge in [-0.2, -0.15) is 0 Å². The maximum Gasteiger partial charge on any atom is 0.337 e. The molecule has 1 aromatic carbocycles. The summed E-state index contributed by atoms with van der Waals surface area (Å²) < 4.78 is 4.84. The number of halogens is 1. The third-order valence-electron chi connectivity index (χ3n) is 2.27. The summed E-state index contributed by atoms with van der Waals surface area (Å²) in [6.07, 6.45) is 0.672. The van der Waals surface area contributed by atoms with Crippen molar-refractivity contribution in [1.29, 1.82) is 0 Å². The highest BCUT2D eigenvalue weighted by Gasteiger charge is 2.12. The highest BCUT2D eigenvalue weighted by Crippen LogP contribution is 2.21. The Balaban J connectivity index is 2.62. The predicted octanol–water partition coefficient (Wildman–Crippen LogP) is 2.20. The largest absolute Gasteiger partial charge is 0.478 e. The number of aromatic carboxylic acids is 1. The van der Waals surface area contributed by atoms with Crippen LogP contribution in [0.4, 0.5) is 10.5 Å². The van der Waals surface area contributed by atoms with Gasteiger partial charge in [0, 0.05) is 25.3 Å². The Bertz CT molecular complexity index is 465. The molecule has 0 bridgehead atoms. The average Bonchev–Trinajstić information content (AvgIpc) is 2.34. The van der Waals surface area contributed by atoms with Gasteiger partial charge < -0.3 is 20.5 Å². The number of carboxylic acids is 1. The van der Waals surface area contributed by atoms with Gasteiger partial charge in [0.05, 0.1) is 11.3 Å². The van der Waals surface area contributed by atoms with Crippen LogP contribution in [0.15, 0.2) is 18.2 Å². The molecule has 0 aliphatic carbocycles. The van der Waals surface area contributed by atoms with Crippen LogP contribution in [0, 0.1) is 0 Å². The lowest BCUT2D eigenvalue weighted by molar-refractivity contribution is 0.0698. The zero-order valence-electron chi connectivity index (χ0n) is 10.4. The molecule has 0 aliphatic rings. The summed E-state index contributed by atoms with van der Waals surface area (Å²) >= 11 is 5.77. The fourth-order valence-electron chi connectivity index (χ4n) is 1.39. The van der Waals surface area contributed by atoms with Crippen LogP contribution in [0.1, 0.15) is 16.8 Å². The van der Waals surface area contributed by atoms with Crippen molar-refractivity contribution in [2.24, 2.45) is 0 Å². The first-order chi connectivity index (χ1) is 9.04. The van der Waals surface area contributed by atoms with Crippen LogP contribution in [-0.4, -0.2) is 37.4 Å². The summed E-state index contributed by atoms with van der Waals surface area (Å²) in [6, 6.07) is 3.69. The molecular formula is C12H15ClN2O4. The lowest BCUT2D eigenvalue weighted by atomic mass is 10.2. The second kappa shape index (κ2) is 7.60. The molecule has 0 aliphatic heterocycles. The van der Waals surface area contributed by atoms with Crippen LogP contribution in [0.25, 0.3) is 0 Å². The molecule has 7 heteroatoms. The Hall–Kier alpha value is -1.79. The number of nitrogens with one attached hydrogen (secondary N) is 2. The van der Waals surface area contributed by atoms with Gasteiger partial charge in [0.15, 0.2) is 0 Å². The van der Waals surface area contributed by atoms with Crippen LogP contribution in [0.3, 0.4) is 0 Å². The summed E-state index contributed by atoms with van der Waals surface area (Å²) in [5, 5.41) is 14.4. The van der Waals surface area contributed by atoms with Gasteiger partial charge in [-0.05, 0) is 24.6 Å². The summed E-state index contributed by atoms with van der Waals surface area (Å²) in [5.74, 6) is -1.13. The minimum Gasteiger partial charge on any atom is -0.478 e. The maximum atomic E-state index is 11.6. The van der Waals surface area contributed by atoms with Crippen molar-refractivity contribution < 1.29 is 19.4 Å². The zero-order valence-corrected chi connectivity index (χ0v) is 11.2. The predicted molar refractivity (Wildman–Crippen MR) is 71.9 cm³/mol. The molecule has 1 rings (SSSR count). The summed E-state index contributed by atoms with van der Waals surface area (Å²) in [5.41, 5.74) is 0.140. The number of ether oxygens (including phenoxy) is 1. The lowest BCUT2D eigenvalue weighted by Crippen LogP contribution is -2.30. The number of benzene rings is 1. The molecule has 0 spiro atoms. The fourth-order valence-corrected chi connectivity index (χ4v) is 1.56. The first-order valence-corrected chi connectivity index (χ1v) is 5.99. The number of urea groups is 1. The van der Waals surface area contributed by atoms with Crippen LogP contribution < -0.4 is 10.6 Å². The molecule has 0 fully saturated rings. The molecule has 0 saturated carbocycles. The number of amides is 2. The normalized spacial score (nSPS) is 10.0. The minimum atomic E-state index is -1.13. The number of carbonyl (C=O) groups excluding carboxylic acids is 1. The third kappa shape index (κ3) is 5.15. The van der Waals surface area contributed by atoms with E-state index in [0.717, 1.165) is 0 Å². The Morgan fingerprint density at radius 1 is 1.42 bits per heavy atom. The van der Waals surface area contributed by atoms with Crippen molar-refractivity contribution in [3.63, 3.8) is 0 Å². The van der Waals surface area contributed by atoms with Gasteiger partial charge in [-0.25, -0.2) is 9.59 Å². The van der Waals surface area contributed by atoms with Crippen molar-refractivity contribution in [3.05, 3.63) is 28.8 Å². The Kier molecular flexibility index (Phi) is 6.11. The SMILES string of the molecule is COCCCNC(=O)Nc1cc(Cl)ccc1C(=O)O. The van der Waals surface area contributed by atoms with E-state index in [-0.39, 0.29) is 11.3 Å². The van der Waals surface area contributed by atoms with Gasteiger partial charge in [-0.3, -0.25) is 0 Å². The van der Waals surface area contributed by atoms with Gasteiger partial charge in [0.1, 0.15) is 0 Å². The van der Waals surface area contributed by atoms with E-state index >= 15 is 0 Å². The van der Waals surface area contributed by atoms with E-state index in [1.165, 1.54) is 18.2 Å². The molecule has 0 radical (unpaired) electrons. The molecule has 1 aromatic rings. The van der Waals surface area contributed by atoms with E-state index in [2.05, 4.69) is 10.6 Å². The van der Waals surface area contributed by atoms with Crippen LogP contribution in [0.5, 0.6) is 0 Å². The highest BCUT2D eigenvalue weighted by molar-refractivity contribution is 6.31. The highest BCUT2D eigenvalue weighted by atomic mass is 35.5. The van der Waals surface area contributed by atoms with Gasteiger partial charge >= 0.3 is 12.0 Å². The summed E-state index contributed by atoms with van der Waals surface area (Å²) in [7, 11) is 1.57. The quantitative estimate of drug-likeness (QED) is 0.700. The van der Waals surface area contributed by atoms with Crippen LogP contribution >= 0.6 is 11.6 Å². The van der Waals surface area contributed by atoms with Crippen molar-refractivity contribution >= 4 is 29.3 Å². The minimum absolute atomic E-state index is 0.0172. The molecule has 0 heterocycles. The first-order valence-electron chi connectivity index (χ1n) is 5.61. The molecule has 104 valence electrons. The molecule has 0 atom stereocenters. The van der Waals surface area contributed by atoms with E-state index in [4.69, 9.17) is 21.4 Å². The number of carbonyl (C=O) groups is 2. The van der Waals surface area contributed by atoms with Gasteiger partial charge in [0.25, 0.3) is 0 Å². The van der Waals surface area contributed by atoms with Crippen molar-refractivity contribution in [3.8, 4) is 0 Å². The fraction of sp³-hybridized carbons (Fsp3) is 0.333. The zero-order chi connectivity index (χ0) is 14.3. The third-order valence-corrected chi connectivity index (χ3v) is 2.51. The van der Waals surface area contributed by atoms with E-state index in [0.29, 0.717) is 24.6 Å². The molecule has 3 N–H and O–H groups in total. The number of methoxy groups -OCH3 is 1. The Morgan fingerprint density at radius 2 is 2.16 bits per heavy atom. The molecular weight excluding hydrogens is 272 g/mol. The van der Waals surface area contributed by atoms with Crippen molar-refractivity contribution in [2.45, 2.75) is 6.42 Å². The average molecular weight is 287 g/mol.